The number of aryl methyl sites for hydroxylation is 1. The first-order valence-electron chi connectivity index (χ1n) is 5.49. The van der Waals surface area contributed by atoms with Crippen molar-refractivity contribution in [1.82, 2.24) is 4.72 Å². The van der Waals surface area contributed by atoms with Crippen molar-refractivity contribution >= 4 is 10.0 Å². The molecule has 4 nitrogen and oxygen atoms in total. The number of nitrogens with one attached hydrogen (secondary N) is 1. The molecule has 1 rings (SSSR count). The van der Waals surface area contributed by atoms with Crippen molar-refractivity contribution in [2.24, 2.45) is 0 Å². The van der Waals surface area contributed by atoms with Gasteiger partial charge in [0.25, 0.3) is 0 Å². The van der Waals surface area contributed by atoms with Crippen LogP contribution in [0.1, 0.15) is 24.8 Å². The van der Waals surface area contributed by atoms with Gasteiger partial charge >= 0.3 is 0 Å². The molecule has 1 N–H and O–H groups in total. The lowest BCUT2D eigenvalue weighted by Gasteiger charge is -2.06. The number of rotatable bonds is 6. The molecular weight excluding hydrogens is 236 g/mol. The van der Waals surface area contributed by atoms with Crippen LogP contribution in [0.2, 0.25) is 0 Å². The highest BCUT2D eigenvalue weighted by molar-refractivity contribution is 7.89. The summed E-state index contributed by atoms with van der Waals surface area (Å²) in [5, 5.41) is 8.35. The largest absolute Gasteiger partial charge is 0.240 e. The minimum atomic E-state index is -3.40. The van der Waals surface area contributed by atoms with Gasteiger partial charge < -0.3 is 0 Å². The number of nitrogens with zero attached hydrogens (tertiary/aromatic N) is 1. The fraction of sp³-hybridized carbons (Fsp3) is 0.417. The third-order valence-corrected chi connectivity index (χ3v) is 3.77. The van der Waals surface area contributed by atoms with Crippen LogP contribution in [-0.2, 0) is 10.0 Å². The van der Waals surface area contributed by atoms with Crippen LogP contribution in [0, 0.1) is 18.3 Å². The Balaban J connectivity index is 2.55. The number of hydrogen-bond acceptors (Lipinski definition) is 3. The normalized spacial score (nSPS) is 11.1. The Kier molecular flexibility index (Phi) is 5.13. The van der Waals surface area contributed by atoms with Crippen LogP contribution < -0.4 is 4.72 Å². The second-order valence-corrected chi connectivity index (χ2v) is 5.60. The fourth-order valence-electron chi connectivity index (χ4n) is 1.40. The summed E-state index contributed by atoms with van der Waals surface area (Å²) in [6.45, 7) is 2.23. The Morgan fingerprint density at radius 2 is 2.12 bits per heavy atom. The Morgan fingerprint density at radius 1 is 1.35 bits per heavy atom. The Hall–Kier alpha value is -1.38. The SMILES string of the molecule is Cc1cccc(S(=O)(=O)NCCCCC#N)c1. The zero-order chi connectivity index (χ0) is 12.7. The standard InChI is InChI=1S/C12H16N2O2S/c1-11-6-5-7-12(10-11)17(15,16)14-9-4-2-3-8-13/h5-7,10,14H,2-4,9H2,1H3. The summed E-state index contributed by atoms with van der Waals surface area (Å²) in [6.07, 6.45) is 1.86. The molecule has 0 aliphatic rings. The molecular formula is C12H16N2O2S. The Morgan fingerprint density at radius 3 is 2.76 bits per heavy atom. The lowest BCUT2D eigenvalue weighted by Crippen LogP contribution is -2.24. The maximum Gasteiger partial charge on any atom is 0.240 e. The summed E-state index contributed by atoms with van der Waals surface area (Å²) in [5.74, 6) is 0. The van der Waals surface area contributed by atoms with Gasteiger partial charge in [0.05, 0.1) is 11.0 Å². The maximum absolute atomic E-state index is 11.8. The molecule has 0 aliphatic carbocycles. The highest BCUT2D eigenvalue weighted by Crippen LogP contribution is 2.10. The summed E-state index contributed by atoms with van der Waals surface area (Å²) in [7, 11) is -3.40. The molecule has 0 heterocycles. The molecule has 0 unspecified atom stereocenters. The highest BCUT2D eigenvalue weighted by Gasteiger charge is 2.12. The summed E-state index contributed by atoms with van der Waals surface area (Å²) in [6, 6.07) is 8.81. The minimum Gasteiger partial charge on any atom is -0.211 e. The van der Waals surface area contributed by atoms with Crippen molar-refractivity contribution in [2.45, 2.75) is 31.1 Å². The van der Waals surface area contributed by atoms with Crippen LogP contribution in [0.3, 0.4) is 0 Å². The molecule has 0 aromatic heterocycles. The third-order valence-electron chi connectivity index (χ3n) is 2.31. The van der Waals surface area contributed by atoms with E-state index in [1.165, 1.54) is 0 Å². The van der Waals surface area contributed by atoms with Crippen LogP contribution in [0.4, 0.5) is 0 Å². The number of hydrogen-bond donors (Lipinski definition) is 1. The molecule has 17 heavy (non-hydrogen) atoms. The van der Waals surface area contributed by atoms with Crippen LogP contribution >= 0.6 is 0 Å². The van der Waals surface area contributed by atoms with Gasteiger partial charge in [-0.2, -0.15) is 5.26 Å². The van der Waals surface area contributed by atoms with E-state index in [0.717, 1.165) is 5.56 Å². The number of benzene rings is 1. The summed E-state index contributed by atoms with van der Waals surface area (Å²) >= 11 is 0. The van der Waals surface area contributed by atoms with E-state index in [0.29, 0.717) is 25.8 Å². The van der Waals surface area contributed by atoms with Crippen molar-refractivity contribution < 1.29 is 8.42 Å². The molecule has 1 aromatic carbocycles. The minimum absolute atomic E-state index is 0.290. The van der Waals surface area contributed by atoms with E-state index in [-0.39, 0.29) is 4.90 Å². The van der Waals surface area contributed by atoms with E-state index >= 15 is 0 Å². The zero-order valence-electron chi connectivity index (χ0n) is 9.81. The van der Waals surface area contributed by atoms with Crippen LogP contribution in [0.25, 0.3) is 0 Å². The van der Waals surface area contributed by atoms with Gasteiger partial charge in [-0.15, -0.1) is 0 Å². The van der Waals surface area contributed by atoms with E-state index in [1.807, 2.05) is 19.1 Å². The number of sulfonamides is 1. The molecule has 1 aromatic rings. The first-order chi connectivity index (χ1) is 8.06. The first kappa shape index (κ1) is 13.7. The molecule has 92 valence electrons. The van der Waals surface area contributed by atoms with Crippen LogP contribution in [0.15, 0.2) is 29.2 Å². The first-order valence-corrected chi connectivity index (χ1v) is 6.98. The molecule has 5 heteroatoms. The van der Waals surface area contributed by atoms with Crippen molar-refractivity contribution in [1.29, 1.82) is 5.26 Å². The fourth-order valence-corrected chi connectivity index (χ4v) is 2.58. The second kappa shape index (κ2) is 6.38. The Labute approximate surface area is 102 Å². The van der Waals surface area contributed by atoms with Gasteiger partial charge in [0, 0.05) is 13.0 Å². The smallest absolute Gasteiger partial charge is 0.211 e. The van der Waals surface area contributed by atoms with Crippen molar-refractivity contribution in [3.63, 3.8) is 0 Å². The Bertz CT molecular complexity index is 503. The number of unbranched alkanes of at least 4 members (excludes halogenated alkanes) is 2. The average molecular weight is 252 g/mol. The van der Waals surface area contributed by atoms with Gasteiger partial charge in [-0.25, -0.2) is 13.1 Å². The molecule has 0 saturated carbocycles. The third kappa shape index (κ3) is 4.55. The lowest BCUT2D eigenvalue weighted by atomic mass is 10.2. The van der Waals surface area contributed by atoms with Gasteiger partial charge in [0.15, 0.2) is 0 Å². The van der Waals surface area contributed by atoms with Crippen LogP contribution in [0.5, 0.6) is 0 Å². The van der Waals surface area contributed by atoms with Gasteiger partial charge in [-0.1, -0.05) is 12.1 Å². The van der Waals surface area contributed by atoms with Crippen molar-refractivity contribution in [3.8, 4) is 6.07 Å². The monoisotopic (exact) mass is 252 g/mol. The molecule has 0 aliphatic heterocycles. The lowest BCUT2D eigenvalue weighted by molar-refractivity contribution is 0.577. The average Bonchev–Trinajstić information content (AvgIpc) is 2.29. The quantitative estimate of drug-likeness (QED) is 0.787. The van der Waals surface area contributed by atoms with Gasteiger partial charge in [0.2, 0.25) is 10.0 Å². The van der Waals surface area contributed by atoms with E-state index in [1.54, 1.807) is 18.2 Å². The van der Waals surface area contributed by atoms with Crippen molar-refractivity contribution in [2.75, 3.05) is 6.54 Å². The highest BCUT2D eigenvalue weighted by atomic mass is 32.2. The van der Waals surface area contributed by atoms with E-state index < -0.39 is 10.0 Å². The second-order valence-electron chi connectivity index (χ2n) is 3.83. The predicted molar refractivity (Wildman–Crippen MR) is 65.8 cm³/mol. The molecule has 0 fully saturated rings. The molecule has 0 spiro atoms. The molecule has 0 radical (unpaired) electrons. The molecule has 0 bridgehead atoms. The van der Waals surface area contributed by atoms with Gasteiger partial charge in [-0.3, -0.25) is 0 Å². The van der Waals surface area contributed by atoms with E-state index in [4.69, 9.17) is 5.26 Å². The summed E-state index contributed by atoms with van der Waals surface area (Å²) in [5.41, 5.74) is 0.914. The number of nitriles is 1. The maximum atomic E-state index is 11.8. The van der Waals surface area contributed by atoms with Gasteiger partial charge in [-0.05, 0) is 37.5 Å². The van der Waals surface area contributed by atoms with Crippen LogP contribution in [-0.4, -0.2) is 15.0 Å². The topological polar surface area (TPSA) is 70.0 Å². The van der Waals surface area contributed by atoms with Gasteiger partial charge in [0.1, 0.15) is 0 Å². The molecule has 0 atom stereocenters. The molecule has 0 saturated heterocycles. The van der Waals surface area contributed by atoms with E-state index in [2.05, 4.69) is 4.72 Å². The van der Waals surface area contributed by atoms with E-state index in [9.17, 15) is 8.42 Å². The zero-order valence-corrected chi connectivity index (χ0v) is 10.6. The predicted octanol–water partition coefficient (Wildman–Crippen LogP) is 1.97. The summed E-state index contributed by atoms with van der Waals surface area (Å²) in [4.78, 5) is 0.290. The summed E-state index contributed by atoms with van der Waals surface area (Å²) < 4.78 is 26.2. The van der Waals surface area contributed by atoms with Crippen molar-refractivity contribution in [3.05, 3.63) is 29.8 Å². The molecule has 0 amide bonds.